The molecule has 0 bridgehead atoms. The van der Waals surface area contributed by atoms with E-state index in [1.54, 1.807) is 37.4 Å². The average molecular weight is 504 g/mol. The largest absolute Gasteiger partial charge is 0.493 e. The molecule has 0 amide bonds. The van der Waals surface area contributed by atoms with E-state index in [0.717, 1.165) is 11.1 Å². The van der Waals surface area contributed by atoms with Crippen LogP contribution >= 0.6 is 15.9 Å². The molecule has 0 aromatic heterocycles. The monoisotopic (exact) mass is 503 g/mol. The zero-order chi connectivity index (χ0) is 22.5. The minimum absolute atomic E-state index is 0.0385. The molecule has 0 spiro atoms. The van der Waals surface area contributed by atoms with Gasteiger partial charge in [-0.15, -0.1) is 0 Å². The summed E-state index contributed by atoms with van der Waals surface area (Å²) in [5.41, 5.74) is 2.65. The Bertz CT molecular complexity index is 1080. The molecule has 32 heavy (non-hydrogen) atoms. The second kappa shape index (κ2) is 10.2. The Morgan fingerprint density at radius 1 is 1.03 bits per heavy atom. The summed E-state index contributed by atoms with van der Waals surface area (Å²) in [6, 6.07) is 15.5. The molecule has 0 saturated carbocycles. The first-order valence-corrected chi connectivity index (χ1v) is 10.8. The number of halogens is 2. The molecule has 0 fully saturated rings. The van der Waals surface area contributed by atoms with Gasteiger partial charge in [-0.25, -0.2) is 4.39 Å². The smallest absolute Gasteiger partial charge is 0.231 e. The van der Waals surface area contributed by atoms with Gasteiger partial charge >= 0.3 is 0 Å². The average Bonchev–Trinajstić information content (AvgIpc) is 3.27. The molecule has 1 aliphatic heterocycles. The van der Waals surface area contributed by atoms with Crippen LogP contribution in [0.25, 0.3) is 0 Å². The van der Waals surface area contributed by atoms with Crippen LogP contribution in [0, 0.1) is 5.82 Å². The van der Waals surface area contributed by atoms with Crippen molar-refractivity contribution in [2.45, 2.75) is 19.2 Å². The van der Waals surface area contributed by atoms with Gasteiger partial charge < -0.3 is 29.4 Å². The minimum atomic E-state index is -0.849. The lowest BCUT2D eigenvalue weighted by Crippen LogP contribution is -2.13. The van der Waals surface area contributed by atoms with Crippen molar-refractivity contribution in [3.8, 4) is 23.0 Å². The number of nitrogens with one attached hydrogen (secondary N) is 1. The van der Waals surface area contributed by atoms with Gasteiger partial charge in [0.25, 0.3) is 0 Å². The molecule has 0 radical (unpaired) electrons. The van der Waals surface area contributed by atoms with Crippen LogP contribution in [0.2, 0.25) is 0 Å². The van der Waals surface area contributed by atoms with Gasteiger partial charge in [-0.1, -0.05) is 18.2 Å². The Kier molecular flexibility index (Phi) is 7.14. The fourth-order valence-corrected chi connectivity index (χ4v) is 3.95. The standard InChI is InChI=1S/C24H23BrFNO5/c1-29-23-9-16(12-27-11-15-2-5-18(26)6-3-15)8-19(25)24(23)30-13-20(28)17-4-7-21-22(10-17)32-14-31-21/h2-10,20,27-28H,11-14H2,1H3. The molecule has 0 aliphatic carbocycles. The molecular formula is C24H23BrFNO5. The van der Waals surface area contributed by atoms with E-state index in [4.69, 9.17) is 18.9 Å². The fraction of sp³-hybridized carbons (Fsp3) is 0.250. The summed E-state index contributed by atoms with van der Waals surface area (Å²) in [6.45, 7) is 1.42. The van der Waals surface area contributed by atoms with E-state index in [9.17, 15) is 9.50 Å². The second-order valence-corrected chi connectivity index (χ2v) is 8.13. The van der Waals surface area contributed by atoms with Crippen molar-refractivity contribution in [3.63, 3.8) is 0 Å². The molecule has 6 nitrogen and oxygen atoms in total. The SMILES string of the molecule is COc1cc(CNCc2ccc(F)cc2)cc(Br)c1OCC(O)c1ccc2c(c1)OCO2. The van der Waals surface area contributed by atoms with Crippen LogP contribution in [-0.4, -0.2) is 25.6 Å². The van der Waals surface area contributed by atoms with Crippen LogP contribution in [0.4, 0.5) is 4.39 Å². The first-order chi connectivity index (χ1) is 15.5. The number of aliphatic hydroxyl groups excluding tert-OH is 1. The van der Waals surface area contributed by atoms with Crippen LogP contribution in [0.3, 0.4) is 0 Å². The first-order valence-electron chi connectivity index (χ1n) is 10.1. The summed E-state index contributed by atoms with van der Waals surface area (Å²) in [7, 11) is 1.57. The number of rotatable bonds is 9. The number of hydrogen-bond acceptors (Lipinski definition) is 6. The lowest BCUT2D eigenvalue weighted by molar-refractivity contribution is 0.105. The van der Waals surface area contributed by atoms with Gasteiger partial charge in [-0.05, 0) is 69.0 Å². The van der Waals surface area contributed by atoms with E-state index in [2.05, 4.69) is 21.2 Å². The molecule has 1 heterocycles. The number of ether oxygens (including phenoxy) is 4. The molecule has 2 N–H and O–H groups in total. The Morgan fingerprint density at radius 3 is 2.56 bits per heavy atom. The molecule has 3 aromatic carbocycles. The second-order valence-electron chi connectivity index (χ2n) is 7.28. The van der Waals surface area contributed by atoms with Crippen LogP contribution in [0.5, 0.6) is 23.0 Å². The molecule has 1 atom stereocenters. The van der Waals surface area contributed by atoms with E-state index >= 15 is 0 Å². The molecular weight excluding hydrogens is 481 g/mol. The van der Waals surface area contributed by atoms with E-state index < -0.39 is 6.10 Å². The summed E-state index contributed by atoms with van der Waals surface area (Å²) in [4.78, 5) is 0. The van der Waals surface area contributed by atoms with E-state index in [1.807, 2.05) is 12.1 Å². The van der Waals surface area contributed by atoms with Gasteiger partial charge in [0, 0.05) is 13.1 Å². The van der Waals surface area contributed by atoms with Crippen molar-refractivity contribution in [3.05, 3.63) is 81.6 Å². The maximum absolute atomic E-state index is 13.0. The highest BCUT2D eigenvalue weighted by Gasteiger charge is 2.19. The number of aliphatic hydroxyl groups is 1. The quantitative estimate of drug-likeness (QED) is 0.440. The lowest BCUT2D eigenvalue weighted by atomic mass is 10.1. The first kappa shape index (κ1) is 22.4. The highest BCUT2D eigenvalue weighted by Crippen LogP contribution is 2.38. The van der Waals surface area contributed by atoms with Crippen molar-refractivity contribution in [1.82, 2.24) is 5.32 Å². The number of methoxy groups -OCH3 is 1. The molecule has 168 valence electrons. The predicted octanol–water partition coefficient (Wildman–Crippen LogP) is 4.73. The van der Waals surface area contributed by atoms with E-state index in [1.165, 1.54) is 12.1 Å². The highest BCUT2D eigenvalue weighted by atomic mass is 79.9. The molecule has 1 unspecified atom stereocenters. The van der Waals surface area contributed by atoms with Gasteiger partial charge in [-0.3, -0.25) is 0 Å². The van der Waals surface area contributed by atoms with E-state index in [0.29, 0.717) is 46.1 Å². The Morgan fingerprint density at radius 2 is 1.78 bits per heavy atom. The predicted molar refractivity (Wildman–Crippen MR) is 121 cm³/mol. The highest BCUT2D eigenvalue weighted by molar-refractivity contribution is 9.10. The summed E-state index contributed by atoms with van der Waals surface area (Å²) < 4.78 is 35.8. The summed E-state index contributed by atoms with van der Waals surface area (Å²) >= 11 is 3.54. The molecule has 8 heteroatoms. The zero-order valence-electron chi connectivity index (χ0n) is 17.4. The number of fused-ring (bicyclic) bond motifs is 1. The third kappa shape index (κ3) is 5.32. The minimum Gasteiger partial charge on any atom is -0.493 e. The molecule has 3 aromatic rings. The van der Waals surface area contributed by atoms with Crippen LogP contribution in [-0.2, 0) is 13.1 Å². The Labute approximate surface area is 194 Å². The summed E-state index contributed by atoms with van der Waals surface area (Å²) in [6.07, 6.45) is -0.849. The Hall–Kier alpha value is -2.81. The third-order valence-electron chi connectivity index (χ3n) is 5.03. The van der Waals surface area contributed by atoms with Crippen molar-refractivity contribution in [2.75, 3.05) is 20.5 Å². The Balaban J connectivity index is 1.37. The van der Waals surface area contributed by atoms with Crippen LogP contribution in [0.1, 0.15) is 22.8 Å². The van der Waals surface area contributed by atoms with Crippen molar-refractivity contribution in [2.24, 2.45) is 0 Å². The van der Waals surface area contributed by atoms with Gasteiger partial charge in [0.1, 0.15) is 18.5 Å². The lowest BCUT2D eigenvalue weighted by Gasteiger charge is -2.17. The molecule has 1 aliphatic rings. The summed E-state index contributed by atoms with van der Waals surface area (Å²) in [5.74, 6) is 2.08. The van der Waals surface area contributed by atoms with E-state index in [-0.39, 0.29) is 19.2 Å². The molecule has 0 saturated heterocycles. The van der Waals surface area contributed by atoms with Crippen molar-refractivity contribution < 1.29 is 28.4 Å². The number of benzene rings is 3. The van der Waals surface area contributed by atoms with Gasteiger partial charge in [0.15, 0.2) is 23.0 Å². The van der Waals surface area contributed by atoms with Crippen LogP contribution in [0.15, 0.2) is 59.1 Å². The summed E-state index contributed by atoms with van der Waals surface area (Å²) in [5, 5.41) is 13.9. The third-order valence-corrected chi connectivity index (χ3v) is 5.62. The number of hydrogen-bond donors (Lipinski definition) is 2. The molecule has 4 rings (SSSR count). The van der Waals surface area contributed by atoms with Gasteiger partial charge in [0.05, 0.1) is 11.6 Å². The topological polar surface area (TPSA) is 69.2 Å². The van der Waals surface area contributed by atoms with Crippen molar-refractivity contribution in [1.29, 1.82) is 0 Å². The van der Waals surface area contributed by atoms with Crippen LogP contribution < -0.4 is 24.3 Å². The van der Waals surface area contributed by atoms with Crippen molar-refractivity contribution >= 4 is 15.9 Å². The maximum atomic E-state index is 13.0. The van der Waals surface area contributed by atoms with Gasteiger partial charge in [0.2, 0.25) is 6.79 Å². The maximum Gasteiger partial charge on any atom is 0.231 e. The normalized spacial score (nSPS) is 13.1. The fourth-order valence-electron chi connectivity index (χ4n) is 3.35. The zero-order valence-corrected chi connectivity index (χ0v) is 19.0. The van der Waals surface area contributed by atoms with Gasteiger partial charge in [-0.2, -0.15) is 0 Å².